The lowest BCUT2D eigenvalue weighted by Crippen LogP contribution is -2.08. The number of carbonyl (C=O) groups excluding carboxylic acids is 1. The molecule has 0 amide bonds. The summed E-state index contributed by atoms with van der Waals surface area (Å²) < 4.78 is 0. The lowest BCUT2D eigenvalue weighted by molar-refractivity contribution is -0.117. The first-order valence-corrected chi connectivity index (χ1v) is 6.46. The van der Waals surface area contributed by atoms with Crippen LogP contribution >= 0.6 is 23.2 Å². The predicted molar refractivity (Wildman–Crippen MR) is 77.5 cm³/mol. The fourth-order valence-corrected chi connectivity index (χ4v) is 2.06. The van der Waals surface area contributed by atoms with E-state index in [0.717, 1.165) is 11.1 Å². The average Bonchev–Trinajstić information content (AvgIpc) is 2.37. The largest absolute Gasteiger partial charge is 0.398 e. The van der Waals surface area contributed by atoms with Crippen molar-refractivity contribution in [1.82, 2.24) is 4.98 Å². The van der Waals surface area contributed by atoms with Gasteiger partial charge in [-0.1, -0.05) is 29.3 Å². The van der Waals surface area contributed by atoms with Crippen molar-refractivity contribution >= 4 is 34.7 Å². The summed E-state index contributed by atoms with van der Waals surface area (Å²) >= 11 is 11.7. The molecule has 19 heavy (non-hydrogen) atoms. The minimum absolute atomic E-state index is 0.0538. The van der Waals surface area contributed by atoms with Gasteiger partial charge in [-0.25, -0.2) is 0 Å². The van der Waals surface area contributed by atoms with Gasteiger partial charge in [0.15, 0.2) is 0 Å². The van der Waals surface area contributed by atoms with E-state index >= 15 is 0 Å². The molecule has 2 aromatic rings. The van der Waals surface area contributed by atoms with Crippen LogP contribution in [0.4, 0.5) is 5.69 Å². The van der Waals surface area contributed by atoms with Gasteiger partial charge in [0.05, 0.1) is 10.0 Å². The van der Waals surface area contributed by atoms with Crippen LogP contribution in [0.2, 0.25) is 10.0 Å². The van der Waals surface area contributed by atoms with Crippen molar-refractivity contribution in [2.24, 2.45) is 0 Å². The number of benzene rings is 1. The van der Waals surface area contributed by atoms with Crippen LogP contribution in [0.5, 0.6) is 0 Å². The summed E-state index contributed by atoms with van der Waals surface area (Å²) in [5.41, 5.74) is 7.93. The highest BCUT2D eigenvalue weighted by Gasteiger charge is 2.09. The van der Waals surface area contributed by atoms with Gasteiger partial charge < -0.3 is 5.73 Å². The number of carbonyl (C=O) groups is 1. The number of pyridine rings is 1. The lowest BCUT2D eigenvalue weighted by atomic mass is 10.0. The fourth-order valence-electron chi connectivity index (χ4n) is 1.74. The van der Waals surface area contributed by atoms with Crippen LogP contribution in [-0.2, 0) is 17.6 Å². The maximum Gasteiger partial charge on any atom is 0.141 e. The quantitative estimate of drug-likeness (QED) is 0.941. The Balaban J connectivity index is 2.05. The minimum Gasteiger partial charge on any atom is -0.398 e. The highest BCUT2D eigenvalue weighted by Crippen LogP contribution is 2.23. The number of nitrogens with zero attached hydrogens (tertiary/aromatic N) is 1. The summed E-state index contributed by atoms with van der Waals surface area (Å²) in [6.45, 7) is 0. The Morgan fingerprint density at radius 2 is 1.95 bits per heavy atom. The molecule has 0 aliphatic rings. The molecule has 0 saturated carbocycles. The van der Waals surface area contributed by atoms with Crippen LogP contribution in [0.15, 0.2) is 36.7 Å². The summed E-state index contributed by atoms with van der Waals surface area (Å²) in [6, 6.07) is 6.86. The maximum absolute atomic E-state index is 12.0. The highest BCUT2D eigenvalue weighted by molar-refractivity contribution is 6.42. The third kappa shape index (κ3) is 3.69. The summed E-state index contributed by atoms with van der Waals surface area (Å²) in [5.74, 6) is 0.0538. The van der Waals surface area contributed by atoms with Gasteiger partial charge in [0, 0.05) is 36.5 Å². The van der Waals surface area contributed by atoms with E-state index in [-0.39, 0.29) is 12.2 Å². The number of nitrogens with two attached hydrogens (primary N) is 1. The van der Waals surface area contributed by atoms with E-state index in [4.69, 9.17) is 28.9 Å². The number of hydrogen-bond acceptors (Lipinski definition) is 3. The van der Waals surface area contributed by atoms with E-state index < -0.39 is 0 Å². The molecule has 0 radical (unpaired) electrons. The number of anilines is 1. The van der Waals surface area contributed by atoms with E-state index in [9.17, 15) is 4.79 Å². The van der Waals surface area contributed by atoms with Crippen LogP contribution in [0, 0.1) is 0 Å². The molecule has 0 aliphatic carbocycles. The highest BCUT2D eigenvalue weighted by atomic mass is 35.5. The molecule has 2 rings (SSSR count). The molecule has 0 aliphatic heterocycles. The molecular formula is C14H12Cl2N2O. The standard InChI is InChI=1S/C14H12Cl2N2O/c15-12-2-1-9(6-13(12)16)5-11(19)7-10-8-18-4-3-14(10)17/h1-4,6,8H,5,7H2,(H2,17,18). The SMILES string of the molecule is Nc1ccncc1CC(=O)Cc1ccc(Cl)c(Cl)c1. The molecule has 5 heteroatoms. The Kier molecular flexibility index (Phi) is 4.40. The van der Waals surface area contributed by atoms with Crippen molar-refractivity contribution in [3.05, 3.63) is 57.8 Å². The number of rotatable bonds is 4. The van der Waals surface area contributed by atoms with Crippen molar-refractivity contribution in [3.8, 4) is 0 Å². The smallest absolute Gasteiger partial charge is 0.141 e. The van der Waals surface area contributed by atoms with Gasteiger partial charge in [-0.05, 0) is 23.8 Å². The summed E-state index contributed by atoms with van der Waals surface area (Å²) in [7, 11) is 0. The number of hydrogen-bond donors (Lipinski definition) is 1. The van der Waals surface area contributed by atoms with E-state index in [1.807, 2.05) is 0 Å². The summed E-state index contributed by atoms with van der Waals surface area (Å²) in [6.07, 6.45) is 3.77. The van der Waals surface area contributed by atoms with Gasteiger partial charge in [0.1, 0.15) is 5.78 Å². The zero-order valence-electron chi connectivity index (χ0n) is 10.1. The predicted octanol–water partition coefficient (Wildman–Crippen LogP) is 3.32. The van der Waals surface area contributed by atoms with Crippen LogP contribution in [0.25, 0.3) is 0 Å². The molecule has 0 unspecified atom stereocenters. The molecule has 1 aromatic heterocycles. The fraction of sp³-hybridized carbons (Fsp3) is 0.143. The third-order valence-electron chi connectivity index (χ3n) is 2.71. The van der Waals surface area contributed by atoms with Crippen LogP contribution in [0.1, 0.15) is 11.1 Å². The second-order valence-corrected chi connectivity index (χ2v) is 5.03. The van der Waals surface area contributed by atoms with Crippen molar-refractivity contribution in [1.29, 1.82) is 0 Å². The zero-order valence-corrected chi connectivity index (χ0v) is 11.6. The molecule has 98 valence electrons. The first-order chi connectivity index (χ1) is 9.06. The second kappa shape index (κ2) is 6.04. The molecule has 0 spiro atoms. The van der Waals surface area contributed by atoms with E-state index in [1.165, 1.54) is 0 Å². The van der Waals surface area contributed by atoms with Crippen LogP contribution in [-0.4, -0.2) is 10.8 Å². The monoisotopic (exact) mass is 294 g/mol. The van der Waals surface area contributed by atoms with E-state index in [0.29, 0.717) is 22.2 Å². The minimum atomic E-state index is 0.0538. The van der Waals surface area contributed by atoms with Crippen molar-refractivity contribution < 1.29 is 4.79 Å². The third-order valence-corrected chi connectivity index (χ3v) is 3.45. The van der Waals surface area contributed by atoms with Gasteiger partial charge in [-0.3, -0.25) is 9.78 Å². The van der Waals surface area contributed by atoms with Gasteiger partial charge >= 0.3 is 0 Å². The van der Waals surface area contributed by atoms with Gasteiger partial charge in [-0.15, -0.1) is 0 Å². The first kappa shape index (κ1) is 13.8. The Hall–Kier alpha value is -1.58. The van der Waals surface area contributed by atoms with Gasteiger partial charge in [0.2, 0.25) is 0 Å². The molecule has 0 bridgehead atoms. The van der Waals surface area contributed by atoms with Crippen molar-refractivity contribution in [3.63, 3.8) is 0 Å². The maximum atomic E-state index is 12.0. The average molecular weight is 295 g/mol. The molecule has 2 N–H and O–H groups in total. The number of nitrogen functional groups attached to an aromatic ring is 1. The number of aromatic nitrogens is 1. The zero-order chi connectivity index (χ0) is 13.8. The lowest BCUT2D eigenvalue weighted by Gasteiger charge is -2.05. The molecule has 0 atom stereocenters. The second-order valence-electron chi connectivity index (χ2n) is 4.22. The Morgan fingerprint density at radius 3 is 2.63 bits per heavy atom. The van der Waals surface area contributed by atoms with Gasteiger partial charge in [0.25, 0.3) is 0 Å². The topological polar surface area (TPSA) is 56.0 Å². The molecule has 3 nitrogen and oxygen atoms in total. The summed E-state index contributed by atoms with van der Waals surface area (Å²) in [5, 5.41) is 0.933. The van der Waals surface area contributed by atoms with Crippen LogP contribution < -0.4 is 5.73 Å². The number of ketones is 1. The first-order valence-electron chi connectivity index (χ1n) is 5.70. The van der Waals surface area contributed by atoms with E-state index in [1.54, 1.807) is 36.7 Å². The molecule has 1 aromatic carbocycles. The Bertz CT molecular complexity index is 614. The van der Waals surface area contributed by atoms with Crippen molar-refractivity contribution in [2.45, 2.75) is 12.8 Å². The number of halogens is 2. The van der Waals surface area contributed by atoms with Crippen molar-refractivity contribution in [2.75, 3.05) is 5.73 Å². The Morgan fingerprint density at radius 1 is 1.16 bits per heavy atom. The summed E-state index contributed by atoms with van der Waals surface area (Å²) in [4.78, 5) is 15.9. The van der Waals surface area contributed by atoms with Crippen LogP contribution in [0.3, 0.4) is 0 Å². The molecular weight excluding hydrogens is 283 g/mol. The molecule has 1 heterocycles. The van der Waals surface area contributed by atoms with E-state index in [2.05, 4.69) is 4.98 Å². The normalized spacial score (nSPS) is 10.4. The van der Waals surface area contributed by atoms with Gasteiger partial charge in [-0.2, -0.15) is 0 Å². The Labute approximate surface area is 121 Å². The number of Topliss-reactive ketones (excluding diaryl/α,β-unsaturated/α-hetero) is 1. The molecule has 0 fully saturated rings. The molecule has 0 saturated heterocycles.